The number of benzene rings is 2. The summed E-state index contributed by atoms with van der Waals surface area (Å²) in [5.41, 5.74) is 2.66. The third-order valence-corrected chi connectivity index (χ3v) is 5.50. The minimum absolute atomic E-state index is 0.254. The summed E-state index contributed by atoms with van der Waals surface area (Å²) in [4.78, 5) is 12.8. The molecule has 4 rings (SSSR count). The average molecular weight is 470 g/mol. The van der Waals surface area contributed by atoms with Crippen molar-refractivity contribution in [3.05, 3.63) is 69.9 Å². The van der Waals surface area contributed by atoms with E-state index in [4.69, 9.17) is 25.8 Å². The number of halogens is 1. The second-order valence-corrected chi connectivity index (χ2v) is 7.66. The lowest BCUT2D eigenvalue weighted by atomic mass is 9.95. The number of carbonyl (C=O) groups excluding carboxylic acids is 1. The van der Waals surface area contributed by atoms with Crippen molar-refractivity contribution < 1.29 is 19.0 Å². The molecule has 0 spiro atoms. The van der Waals surface area contributed by atoms with Crippen LogP contribution in [0.15, 0.2) is 53.7 Å². The van der Waals surface area contributed by atoms with Gasteiger partial charge in [0.15, 0.2) is 11.5 Å². The molecule has 1 unspecified atom stereocenters. The molecule has 0 radical (unpaired) electrons. The first kappa shape index (κ1) is 22.6. The van der Waals surface area contributed by atoms with Gasteiger partial charge in [0.1, 0.15) is 12.6 Å². The number of rotatable bonds is 8. The topological polar surface area (TPSA) is 100 Å². The van der Waals surface area contributed by atoms with Crippen molar-refractivity contribution >= 4 is 23.5 Å². The number of tetrazole rings is 1. The van der Waals surface area contributed by atoms with Crippen LogP contribution in [0.3, 0.4) is 0 Å². The predicted molar refractivity (Wildman–Crippen MR) is 122 cm³/mol. The van der Waals surface area contributed by atoms with Crippen molar-refractivity contribution in [1.82, 2.24) is 20.2 Å². The lowest BCUT2D eigenvalue weighted by molar-refractivity contribution is -0.139. The van der Waals surface area contributed by atoms with Crippen molar-refractivity contribution in [1.29, 1.82) is 0 Å². The molecule has 1 atom stereocenters. The summed E-state index contributed by atoms with van der Waals surface area (Å²) in [6.07, 6.45) is 0. The van der Waals surface area contributed by atoms with Gasteiger partial charge in [-0.05, 0) is 55.0 Å². The van der Waals surface area contributed by atoms with Gasteiger partial charge in [-0.3, -0.25) is 0 Å². The fourth-order valence-corrected chi connectivity index (χ4v) is 3.84. The first-order valence-corrected chi connectivity index (χ1v) is 11.0. The number of hydrogen-bond donors (Lipinski definition) is 1. The van der Waals surface area contributed by atoms with Crippen LogP contribution < -0.4 is 14.8 Å². The standard InChI is InChI=1S/C23H24ClN5O4/c1-4-31-19-12-15(10-11-18(19)33-13-16-8-6-7-9-17(16)24)21-20(22(30)32-5-2)14(3)25-23-26-27-28-29(21)23/h6-12,21H,4-5,13H2,1-3H3,(H,25,26,28). The van der Waals surface area contributed by atoms with E-state index < -0.39 is 12.0 Å². The van der Waals surface area contributed by atoms with Gasteiger partial charge >= 0.3 is 5.97 Å². The zero-order valence-corrected chi connectivity index (χ0v) is 19.3. The monoisotopic (exact) mass is 469 g/mol. The summed E-state index contributed by atoms with van der Waals surface area (Å²) < 4.78 is 18.7. The molecule has 2 heterocycles. The second-order valence-electron chi connectivity index (χ2n) is 7.25. The predicted octanol–water partition coefficient (Wildman–Crippen LogP) is 4.16. The number of hydrogen-bond acceptors (Lipinski definition) is 8. The van der Waals surface area contributed by atoms with E-state index in [1.165, 1.54) is 0 Å². The van der Waals surface area contributed by atoms with Gasteiger partial charge in [0, 0.05) is 16.3 Å². The zero-order chi connectivity index (χ0) is 23.4. The Kier molecular flexibility index (Phi) is 6.79. The number of esters is 1. The van der Waals surface area contributed by atoms with Crippen molar-refractivity contribution in [3.63, 3.8) is 0 Å². The average Bonchev–Trinajstić information content (AvgIpc) is 3.26. The summed E-state index contributed by atoms with van der Waals surface area (Å²) in [7, 11) is 0. The maximum Gasteiger partial charge on any atom is 0.338 e. The number of nitrogens with zero attached hydrogens (tertiary/aromatic N) is 4. The molecule has 1 aliphatic rings. The van der Waals surface area contributed by atoms with Crippen molar-refractivity contribution in [2.45, 2.75) is 33.4 Å². The van der Waals surface area contributed by atoms with Gasteiger partial charge < -0.3 is 19.5 Å². The van der Waals surface area contributed by atoms with Crippen molar-refractivity contribution in [3.8, 4) is 11.5 Å². The molecule has 9 nitrogen and oxygen atoms in total. The number of nitrogens with one attached hydrogen (secondary N) is 1. The lowest BCUT2D eigenvalue weighted by Crippen LogP contribution is -2.29. The van der Waals surface area contributed by atoms with Crippen LogP contribution in [0.2, 0.25) is 5.02 Å². The molecule has 10 heteroatoms. The number of allylic oxidation sites excluding steroid dienone is 1. The van der Waals surface area contributed by atoms with Crippen LogP contribution in [0.1, 0.15) is 37.9 Å². The highest BCUT2D eigenvalue weighted by Gasteiger charge is 2.35. The number of anilines is 1. The molecule has 3 aromatic rings. The Balaban J connectivity index is 1.71. The van der Waals surface area contributed by atoms with Crippen LogP contribution >= 0.6 is 11.6 Å². The van der Waals surface area contributed by atoms with Crippen molar-refractivity contribution in [2.24, 2.45) is 0 Å². The number of ether oxygens (including phenoxy) is 3. The van der Waals surface area contributed by atoms with E-state index in [-0.39, 0.29) is 13.2 Å². The van der Waals surface area contributed by atoms with E-state index in [1.807, 2.05) is 43.3 Å². The van der Waals surface area contributed by atoms with Gasteiger partial charge in [0.25, 0.3) is 0 Å². The van der Waals surface area contributed by atoms with E-state index in [1.54, 1.807) is 24.6 Å². The van der Waals surface area contributed by atoms with Gasteiger partial charge in [-0.15, -0.1) is 0 Å². The molecule has 0 aliphatic carbocycles. The molecule has 172 valence electrons. The van der Waals surface area contributed by atoms with Gasteiger partial charge in [-0.1, -0.05) is 41.0 Å². The molecule has 1 aliphatic heterocycles. The maximum absolute atomic E-state index is 12.8. The third-order valence-electron chi connectivity index (χ3n) is 5.13. The first-order chi connectivity index (χ1) is 16.0. The maximum atomic E-state index is 12.8. The molecule has 33 heavy (non-hydrogen) atoms. The smallest absolute Gasteiger partial charge is 0.338 e. The molecular weight excluding hydrogens is 446 g/mol. The first-order valence-electron chi connectivity index (χ1n) is 10.6. The largest absolute Gasteiger partial charge is 0.490 e. The van der Waals surface area contributed by atoms with Gasteiger partial charge in [-0.2, -0.15) is 4.68 Å². The van der Waals surface area contributed by atoms with E-state index in [0.29, 0.717) is 40.3 Å². The quantitative estimate of drug-likeness (QED) is 0.491. The summed E-state index contributed by atoms with van der Waals surface area (Å²) >= 11 is 6.25. The molecule has 0 bridgehead atoms. The zero-order valence-electron chi connectivity index (χ0n) is 18.5. The summed E-state index contributed by atoms with van der Waals surface area (Å²) in [5, 5.41) is 15.5. The van der Waals surface area contributed by atoms with Crippen LogP contribution in [0.5, 0.6) is 11.5 Å². The number of fused-ring (bicyclic) bond motifs is 1. The Morgan fingerprint density at radius 1 is 1.12 bits per heavy atom. The highest BCUT2D eigenvalue weighted by molar-refractivity contribution is 6.31. The Morgan fingerprint density at radius 3 is 2.70 bits per heavy atom. The molecule has 1 aromatic heterocycles. The SMILES string of the molecule is CCOC(=O)C1=C(C)Nc2nnnn2C1c1ccc(OCc2ccccc2Cl)c(OCC)c1. The molecular formula is C23H24ClN5O4. The van der Waals surface area contributed by atoms with E-state index in [9.17, 15) is 4.79 Å². The Morgan fingerprint density at radius 2 is 1.94 bits per heavy atom. The Bertz CT molecular complexity index is 1190. The Labute approximate surface area is 196 Å². The van der Waals surface area contributed by atoms with Crippen LogP contribution in [0, 0.1) is 0 Å². The fraction of sp³-hybridized carbons (Fsp3) is 0.304. The molecule has 0 fully saturated rings. The van der Waals surface area contributed by atoms with Crippen LogP contribution in [-0.4, -0.2) is 39.4 Å². The van der Waals surface area contributed by atoms with Gasteiger partial charge in [-0.25, -0.2) is 4.79 Å². The van der Waals surface area contributed by atoms with E-state index in [0.717, 1.165) is 11.1 Å². The second kappa shape index (κ2) is 9.91. The molecule has 0 saturated heterocycles. The van der Waals surface area contributed by atoms with E-state index >= 15 is 0 Å². The minimum Gasteiger partial charge on any atom is -0.490 e. The highest BCUT2D eigenvalue weighted by atomic mass is 35.5. The minimum atomic E-state index is -0.591. The highest BCUT2D eigenvalue weighted by Crippen LogP contribution is 2.39. The molecule has 1 N–H and O–H groups in total. The van der Waals surface area contributed by atoms with E-state index in [2.05, 4.69) is 20.8 Å². The molecule has 0 amide bonds. The number of aromatic nitrogens is 4. The van der Waals surface area contributed by atoms with Crippen LogP contribution in [0.25, 0.3) is 0 Å². The van der Waals surface area contributed by atoms with Gasteiger partial charge in [0.2, 0.25) is 5.95 Å². The van der Waals surface area contributed by atoms with Gasteiger partial charge in [0.05, 0.1) is 18.8 Å². The third kappa shape index (κ3) is 4.63. The number of carbonyl (C=O) groups is 1. The summed E-state index contributed by atoms with van der Waals surface area (Å²) in [6, 6.07) is 12.4. The summed E-state index contributed by atoms with van der Waals surface area (Å²) in [6.45, 7) is 6.43. The van der Waals surface area contributed by atoms with Crippen molar-refractivity contribution in [2.75, 3.05) is 18.5 Å². The Hall–Kier alpha value is -3.59. The van der Waals surface area contributed by atoms with Crippen LogP contribution in [-0.2, 0) is 16.1 Å². The van der Waals surface area contributed by atoms with Crippen LogP contribution in [0.4, 0.5) is 5.95 Å². The lowest BCUT2D eigenvalue weighted by Gasteiger charge is -2.27. The normalized spacial score (nSPS) is 15.0. The molecule has 0 saturated carbocycles. The fourth-order valence-electron chi connectivity index (χ4n) is 3.65. The molecule has 2 aromatic carbocycles. The summed E-state index contributed by atoms with van der Waals surface area (Å²) in [5.74, 6) is 1.09.